The van der Waals surface area contributed by atoms with E-state index in [0.29, 0.717) is 16.5 Å². The van der Waals surface area contributed by atoms with Gasteiger partial charge in [0.05, 0.1) is 5.75 Å². The molecule has 0 fully saturated rings. The Morgan fingerprint density at radius 2 is 2.00 bits per heavy atom. The number of halogens is 1. The van der Waals surface area contributed by atoms with Gasteiger partial charge in [-0.3, -0.25) is 4.79 Å². The van der Waals surface area contributed by atoms with E-state index in [1.165, 1.54) is 17.8 Å². The molecule has 104 valence electrons. The van der Waals surface area contributed by atoms with Gasteiger partial charge in [-0.05, 0) is 29.8 Å². The average Bonchev–Trinajstić information content (AvgIpc) is 2.38. The normalized spacial score (nSPS) is 10.2. The van der Waals surface area contributed by atoms with Crippen LogP contribution in [0.25, 0.3) is 0 Å². The summed E-state index contributed by atoms with van der Waals surface area (Å²) in [6.07, 6.45) is 0. The number of anilines is 1. The standard InChI is InChI=1S/C15H14ClNO2S/c16-12-4-1-3-11(7-12)9-20-10-15(19)17-13-5-2-6-14(18)8-13/h1-8,18H,9-10H2,(H,17,19). The molecule has 0 aromatic heterocycles. The molecule has 2 N–H and O–H groups in total. The largest absolute Gasteiger partial charge is 0.508 e. The highest BCUT2D eigenvalue weighted by atomic mass is 35.5. The third-order valence-electron chi connectivity index (χ3n) is 2.52. The van der Waals surface area contributed by atoms with Crippen LogP contribution in [0.5, 0.6) is 5.75 Å². The van der Waals surface area contributed by atoms with E-state index in [-0.39, 0.29) is 11.7 Å². The number of carbonyl (C=O) groups is 1. The Morgan fingerprint density at radius 3 is 2.75 bits per heavy atom. The summed E-state index contributed by atoms with van der Waals surface area (Å²) in [5.41, 5.74) is 1.69. The quantitative estimate of drug-likeness (QED) is 0.880. The van der Waals surface area contributed by atoms with Crippen molar-refractivity contribution in [3.63, 3.8) is 0 Å². The Hall–Kier alpha value is -1.65. The molecule has 0 atom stereocenters. The minimum absolute atomic E-state index is 0.0948. The van der Waals surface area contributed by atoms with Crippen LogP contribution in [0.3, 0.4) is 0 Å². The molecule has 0 heterocycles. The first-order chi connectivity index (χ1) is 9.63. The molecule has 0 saturated carbocycles. The summed E-state index contributed by atoms with van der Waals surface area (Å²) in [5.74, 6) is 1.12. The Kier molecular flexibility index (Phi) is 5.32. The predicted octanol–water partition coefficient (Wildman–Crippen LogP) is 3.92. The molecule has 2 aromatic carbocycles. The zero-order valence-electron chi connectivity index (χ0n) is 10.7. The van der Waals surface area contributed by atoms with E-state index < -0.39 is 0 Å². The molecule has 2 aromatic rings. The number of thioether (sulfide) groups is 1. The number of amides is 1. The van der Waals surface area contributed by atoms with E-state index in [2.05, 4.69) is 5.32 Å². The lowest BCUT2D eigenvalue weighted by Gasteiger charge is -2.06. The van der Waals surface area contributed by atoms with E-state index >= 15 is 0 Å². The SMILES string of the molecule is O=C(CSCc1cccc(Cl)c1)Nc1cccc(O)c1. The second-order valence-corrected chi connectivity index (χ2v) is 5.64. The fourth-order valence-corrected chi connectivity index (χ4v) is 2.66. The summed E-state index contributed by atoms with van der Waals surface area (Å²) in [5, 5.41) is 12.7. The second kappa shape index (κ2) is 7.22. The minimum Gasteiger partial charge on any atom is -0.508 e. The predicted molar refractivity (Wildman–Crippen MR) is 84.4 cm³/mol. The van der Waals surface area contributed by atoms with Gasteiger partial charge in [-0.2, -0.15) is 0 Å². The third kappa shape index (κ3) is 4.79. The highest BCUT2D eigenvalue weighted by Crippen LogP contribution is 2.18. The molecule has 0 spiro atoms. The molecule has 20 heavy (non-hydrogen) atoms. The Bertz CT molecular complexity index is 604. The van der Waals surface area contributed by atoms with Gasteiger partial charge in [-0.25, -0.2) is 0 Å². The molecule has 5 heteroatoms. The van der Waals surface area contributed by atoms with Crippen LogP contribution < -0.4 is 5.32 Å². The van der Waals surface area contributed by atoms with Crippen molar-refractivity contribution in [1.29, 1.82) is 0 Å². The molecule has 1 amide bonds. The maximum Gasteiger partial charge on any atom is 0.234 e. The summed E-state index contributed by atoms with van der Waals surface area (Å²) in [4.78, 5) is 11.7. The molecule has 2 rings (SSSR count). The van der Waals surface area contributed by atoms with Crippen molar-refractivity contribution in [2.45, 2.75) is 5.75 Å². The minimum atomic E-state index is -0.0948. The number of phenolic OH excluding ortho intramolecular Hbond substituents is 1. The lowest BCUT2D eigenvalue weighted by Crippen LogP contribution is -2.14. The Morgan fingerprint density at radius 1 is 1.20 bits per heavy atom. The number of benzene rings is 2. The molecular formula is C15H14ClNO2S. The third-order valence-corrected chi connectivity index (χ3v) is 3.76. The molecule has 0 unspecified atom stereocenters. The molecule has 0 bridgehead atoms. The van der Waals surface area contributed by atoms with Crippen LogP contribution in [-0.4, -0.2) is 16.8 Å². The van der Waals surface area contributed by atoms with Crippen molar-refractivity contribution in [2.75, 3.05) is 11.1 Å². The van der Waals surface area contributed by atoms with Gasteiger partial charge >= 0.3 is 0 Å². The van der Waals surface area contributed by atoms with Crippen molar-refractivity contribution < 1.29 is 9.90 Å². The van der Waals surface area contributed by atoms with Gasteiger partial charge in [-0.1, -0.05) is 29.8 Å². The van der Waals surface area contributed by atoms with Gasteiger partial charge in [0, 0.05) is 22.5 Å². The van der Waals surface area contributed by atoms with E-state index in [4.69, 9.17) is 11.6 Å². The van der Waals surface area contributed by atoms with Crippen LogP contribution in [0, 0.1) is 0 Å². The second-order valence-electron chi connectivity index (χ2n) is 4.22. The monoisotopic (exact) mass is 307 g/mol. The van der Waals surface area contributed by atoms with E-state index in [0.717, 1.165) is 11.3 Å². The van der Waals surface area contributed by atoms with Gasteiger partial charge < -0.3 is 10.4 Å². The number of phenols is 1. The molecule has 0 radical (unpaired) electrons. The van der Waals surface area contributed by atoms with Crippen molar-refractivity contribution in [2.24, 2.45) is 0 Å². The Balaban J connectivity index is 1.78. The van der Waals surface area contributed by atoms with Gasteiger partial charge in [0.25, 0.3) is 0 Å². The highest BCUT2D eigenvalue weighted by molar-refractivity contribution is 7.99. The zero-order chi connectivity index (χ0) is 14.4. The topological polar surface area (TPSA) is 49.3 Å². The molecular weight excluding hydrogens is 294 g/mol. The Labute approximate surface area is 127 Å². The average molecular weight is 308 g/mol. The van der Waals surface area contributed by atoms with Crippen molar-refractivity contribution in [3.05, 3.63) is 59.1 Å². The van der Waals surface area contributed by atoms with Crippen molar-refractivity contribution in [1.82, 2.24) is 0 Å². The van der Waals surface area contributed by atoms with Gasteiger partial charge in [-0.15, -0.1) is 11.8 Å². The van der Waals surface area contributed by atoms with Crippen molar-refractivity contribution in [3.8, 4) is 5.75 Å². The molecule has 0 aliphatic rings. The van der Waals surface area contributed by atoms with Crippen LogP contribution in [0.1, 0.15) is 5.56 Å². The molecule has 3 nitrogen and oxygen atoms in total. The van der Waals surface area contributed by atoms with Crippen LogP contribution >= 0.6 is 23.4 Å². The summed E-state index contributed by atoms with van der Waals surface area (Å²) in [6.45, 7) is 0. The number of hydrogen-bond donors (Lipinski definition) is 2. The first-order valence-electron chi connectivity index (χ1n) is 6.04. The van der Waals surface area contributed by atoms with Gasteiger partial charge in [0.1, 0.15) is 5.75 Å². The van der Waals surface area contributed by atoms with Crippen molar-refractivity contribution >= 4 is 35.0 Å². The number of aromatic hydroxyl groups is 1. The summed E-state index contributed by atoms with van der Waals surface area (Å²) in [7, 11) is 0. The maximum atomic E-state index is 11.7. The van der Waals surface area contributed by atoms with E-state index in [1.807, 2.05) is 24.3 Å². The first kappa shape index (κ1) is 14.8. The molecule has 0 aliphatic heterocycles. The molecule has 0 aliphatic carbocycles. The fraction of sp³-hybridized carbons (Fsp3) is 0.133. The molecule has 0 saturated heterocycles. The number of carbonyl (C=O) groups excluding carboxylic acids is 1. The lowest BCUT2D eigenvalue weighted by atomic mass is 10.2. The number of hydrogen-bond acceptors (Lipinski definition) is 3. The summed E-state index contributed by atoms with van der Waals surface area (Å²) < 4.78 is 0. The summed E-state index contributed by atoms with van der Waals surface area (Å²) >= 11 is 7.41. The highest BCUT2D eigenvalue weighted by Gasteiger charge is 2.04. The van der Waals surface area contributed by atoms with Crippen LogP contribution in [-0.2, 0) is 10.5 Å². The van der Waals surface area contributed by atoms with Gasteiger partial charge in [0.15, 0.2) is 0 Å². The smallest absolute Gasteiger partial charge is 0.234 e. The zero-order valence-corrected chi connectivity index (χ0v) is 12.2. The first-order valence-corrected chi connectivity index (χ1v) is 7.58. The number of nitrogens with one attached hydrogen (secondary N) is 1. The maximum absolute atomic E-state index is 11.7. The van der Waals surface area contributed by atoms with Crippen LogP contribution in [0.15, 0.2) is 48.5 Å². The van der Waals surface area contributed by atoms with Crippen LogP contribution in [0.4, 0.5) is 5.69 Å². The van der Waals surface area contributed by atoms with E-state index in [9.17, 15) is 9.90 Å². The fourth-order valence-electron chi connectivity index (χ4n) is 1.67. The van der Waals surface area contributed by atoms with E-state index in [1.54, 1.807) is 18.2 Å². The summed E-state index contributed by atoms with van der Waals surface area (Å²) in [6, 6.07) is 14.1. The lowest BCUT2D eigenvalue weighted by molar-refractivity contribution is -0.113. The van der Waals surface area contributed by atoms with Gasteiger partial charge in [0.2, 0.25) is 5.91 Å². The number of rotatable bonds is 5. The van der Waals surface area contributed by atoms with Crippen LogP contribution in [0.2, 0.25) is 5.02 Å².